The zero-order valence-electron chi connectivity index (χ0n) is 88.7. The molecule has 0 radical (unpaired) electrons. The third kappa shape index (κ3) is 25.9. The summed E-state index contributed by atoms with van der Waals surface area (Å²) in [6, 6.07) is 67.2. The first kappa shape index (κ1) is 110. The number of aromatic nitrogens is 4. The lowest BCUT2D eigenvalue weighted by Gasteiger charge is -2.33. The van der Waals surface area contributed by atoms with Crippen LogP contribution in [0.3, 0.4) is 0 Å². The maximum Gasteiger partial charge on any atom is 0.116 e. The molecule has 0 aliphatic heterocycles. The van der Waals surface area contributed by atoms with Crippen LogP contribution in [0.25, 0.3) is 112 Å². The molecule has 0 N–H and O–H groups in total. The van der Waals surface area contributed by atoms with Gasteiger partial charge in [0.2, 0.25) is 0 Å². The van der Waals surface area contributed by atoms with E-state index in [0.717, 1.165) is 60.0 Å². The normalized spacial score (nSPS) is 14.7. The summed E-state index contributed by atoms with van der Waals surface area (Å²) >= 11 is 19.1. The zero-order chi connectivity index (χ0) is 98.9. The minimum absolute atomic E-state index is 0.000685. The van der Waals surface area contributed by atoms with Gasteiger partial charge in [0.05, 0.1) is 37.9 Å². The van der Waals surface area contributed by atoms with Crippen molar-refractivity contribution in [3.05, 3.63) is 230 Å². The maximum absolute atomic E-state index is 5.68. The number of benzene rings is 8. The second kappa shape index (κ2) is 55.9. The average molecular weight is 2200 g/mol. The van der Waals surface area contributed by atoms with Crippen LogP contribution in [0, 0.1) is 0 Å². The van der Waals surface area contributed by atoms with Crippen LogP contribution in [-0.4, -0.2) is 19.9 Å². The van der Waals surface area contributed by atoms with Crippen molar-refractivity contribution in [3.63, 3.8) is 0 Å². The van der Waals surface area contributed by atoms with Crippen LogP contribution in [0.5, 0.6) is 0 Å². The van der Waals surface area contributed by atoms with Crippen LogP contribution in [-0.2, 0) is 21.7 Å². The lowest BCUT2D eigenvalue weighted by atomic mass is 9.70. The van der Waals surface area contributed by atoms with Crippen molar-refractivity contribution in [2.75, 3.05) is 0 Å². The highest BCUT2D eigenvalue weighted by molar-refractivity contribution is 9.12. The Morgan fingerprint density at radius 1 is 0.176 bits per heavy atom. The first-order chi connectivity index (χ1) is 69.8. The van der Waals surface area contributed by atoms with E-state index in [9.17, 15) is 0 Å². The van der Waals surface area contributed by atoms with E-state index in [2.05, 4.69) is 289 Å². The van der Waals surface area contributed by atoms with Crippen molar-refractivity contribution in [2.45, 2.75) is 462 Å². The van der Waals surface area contributed by atoms with Crippen molar-refractivity contribution in [2.24, 2.45) is 0 Å². The molecule has 4 aromatic heterocycles. The fraction of sp³-hybridized carbons (Fsp3) is 0.545. The number of thiophene rings is 2. The first-order valence-electron chi connectivity index (χ1n) is 58.1. The summed E-state index contributed by atoms with van der Waals surface area (Å²) in [6.45, 7) is 18.6. The lowest BCUT2D eigenvalue weighted by molar-refractivity contribution is 0.397. The van der Waals surface area contributed by atoms with Crippen LogP contribution in [0.15, 0.2) is 185 Å². The average Bonchev–Trinajstić information content (AvgIpc) is 1.55. The van der Waals surface area contributed by atoms with Gasteiger partial charge in [0.1, 0.15) is 22.1 Å². The Balaban J connectivity index is 0.000000215. The summed E-state index contributed by atoms with van der Waals surface area (Å²) in [6.07, 6.45) is 79.2. The Hall–Kier alpha value is -6.24. The molecule has 0 bridgehead atoms. The van der Waals surface area contributed by atoms with Gasteiger partial charge in [-0.25, -0.2) is 19.9 Å². The largest absolute Gasteiger partial charge is 0.242 e. The molecule has 8 aromatic carbocycles. The number of unbranched alkanes of at least 4 members (excludes halogenated alkanes) is 44. The van der Waals surface area contributed by atoms with Crippen LogP contribution < -0.4 is 0 Å². The molecule has 0 spiro atoms. The molecular weight excluding hydrogens is 2030 g/mol. The van der Waals surface area contributed by atoms with Gasteiger partial charge in [-0.15, -0.1) is 22.7 Å². The Bertz CT molecular complexity index is 5750. The molecule has 4 aliphatic carbocycles. The van der Waals surface area contributed by atoms with Gasteiger partial charge in [-0.2, -0.15) is 0 Å². The van der Waals surface area contributed by atoms with E-state index < -0.39 is 0 Å². The monoisotopic (exact) mass is 2190 g/mol. The number of nitrogens with zero attached hydrogens (tertiary/aromatic N) is 4. The fourth-order valence-corrected chi connectivity index (χ4v) is 31.6. The molecule has 4 heterocycles. The highest BCUT2D eigenvalue weighted by Crippen LogP contribution is 2.62. The van der Waals surface area contributed by atoms with Crippen molar-refractivity contribution < 1.29 is 0 Å². The number of fused-ring (bicyclic) bond motifs is 14. The molecule has 4 aliphatic rings. The number of halogens is 4. The van der Waals surface area contributed by atoms with E-state index in [1.807, 2.05) is 0 Å². The molecule has 0 saturated carbocycles. The number of hydrogen-bond acceptors (Lipinski definition) is 6. The highest BCUT2D eigenvalue weighted by atomic mass is 79.9. The second-order valence-electron chi connectivity index (χ2n) is 43.6. The summed E-state index contributed by atoms with van der Waals surface area (Å²) in [5.41, 5.74) is 36.0. The molecular formula is C132H172Br4N4S2. The summed E-state index contributed by atoms with van der Waals surface area (Å²) in [4.78, 5) is 22.7. The van der Waals surface area contributed by atoms with E-state index in [0.29, 0.717) is 0 Å². The summed E-state index contributed by atoms with van der Waals surface area (Å²) in [7, 11) is 0. The van der Waals surface area contributed by atoms with Gasteiger partial charge in [-0.1, -0.05) is 535 Å². The molecule has 10 heteroatoms. The van der Waals surface area contributed by atoms with Gasteiger partial charge in [0.15, 0.2) is 0 Å². The van der Waals surface area contributed by atoms with E-state index >= 15 is 0 Å². The molecule has 0 saturated heterocycles. The Labute approximate surface area is 901 Å². The summed E-state index contributed by atoms with van der Waals surface area (Å²) in [5.74, 6) is 0. The minimum Gasteiger partial charge on any atom is -0.242 e. The molecule has 1 unspecified atom stereocenters. The van der Waals surface area contributed by atoms with Crippen LogP contribution in [0.1, 0.15) is 485 Å². The third-order valence-electron chi connectivity index (χ3n) is 33.7. The predicted octanol–water partition coefficient (Wildman–Crippen LogP) is 45.7. The molecule has 0 fully saturated rings. The van der Waals surface area contributed by atoms with E-state index in [-0.39, 0.29) is 21.7 Å². The topological polar surface area (TPSA) is 51.6 Å². The van der Waals surface area contributed by atoms with Crippen LogP contribution >= 0.6 is 86.4 Å². The van der Waals surface area contributed by atoms with E-state index in [1.165, 1.54) is 480 Å². The standard InChI is InChI=1S/C68H90Br2N2S.C64H82Br2N2S/c1-5-9-13-15-17-18-19-20-21-22-23-24-25-26-27-28-30-36-48-68(47-35-29-16-14-10-6-2)58-40-34-32-38-54(58)56-44-42-52(50-60(56)68)62-61(71-63-64(72-62)66(70)73-65(63)69)51-41-43-55-53-37-31-33-39-57(53)67(45-11-7-3,46-12-8-4)59(55)49-51;1-5-9-13-17-21-29-41-63(42-30-22-18-14-10-6-2)53-35-27-25-33-49(53)51-39-37-47(45-55(51)63)57-58(68-60-59(67-57)61(65)69-62(60)66)48-38-40-52-50-34-26-28-36-54(50)64(56(52)46-48,43-31-23-19-15-11-7-3)44-32-24-20-16-12-8-4/h31-34,37-44,49-50H,5-30,35-36,45-48H2,1-4H3;25-28,33-40,45-46H,5-24,29-32,41-44H2,1-4H3. The van der Waals surface area contributed by atoms with Gasteiger partial charge in [0, 0.05) is 43.9 Å². The summed E-state index contributed by atoms with van der Waals surface area (Å²) in [5, 5.41) is 0. The fourth-order valence-electron chi connectivity index (χ4n) is 26.0. The number of rotatable bonds is 64. The predicted molar refractivity (Wildman–Crippen MR) is 635 cm³/mol. The van der Waals surface area contributed by atoms with Crippen LogP contribution in [0.2, 0.25) is 0 Å². The lowest BCUT2D eigenvalue weighted by Crippen LogP contribution is -2.25. The van der Waals surface area contributed by atoms with Gasteiger partial charge < -0.3 is 0 Å². The molecule has 4 nitrogen and oxygen atoms in total. The summed E-state index contributed by atoms with van der Waals surface area (Å²) < 4.78 is 4.10. The smallest absolute Gasteiger partial charge is 0.116 e. The quantitative estimate of drug-likeness (QED) is 0.0357. The number of hydrogen-bond donors (Lipinski definition) is 0. The van der Waals surface area contributed by atoms with Crippen molar-refractivity contribution in [1.82, 2.24) is 19.9 Å². The third-order valence-corrected chi connectivity index (χ3v) is 38.7. The first-order valence-corrected chi connectivity index (χ1v) is 62.9. The Morgan fingerprint density at radius 2 is 0.331 bits per heavy atom. The van der Waals surface area contributed by atoms with Crippen molar-refractivity contribution >= 4 is 108 Å². The molecule has 0 amide bonds. The SMILES string of the molecule is CCCCCCCCC1(CCCCCCCC)c2ccccc2-c2ccc(-c3nc4c(Br)sc(Br)c4nc3-c3ccc4c(c3)C(CCCCCCCC)(CCCCCCCC)c3ccccc3-4)cc21.CCCCCCCCCCCCCCCCCCCCC1(CCCCCCCC)c2ccccc2-c2ccc(-c3nc4c(Br)sc(Br)c4nc3-c3ccc4c(c3)C(CCCC)(CCCC)c3ccccc3-4)cc21. The minimum atomic E-state index is -0.0110. The molecule has 12 aromatic rings. The zero-order valence-corrected chi connectivity index (χ0v) is 96.7. The Kier molecular flexibility index (Phi) is 43.2. The van der Waals surface area contributed by atoms with E-state index in [4.69, 9.17) is 19.9 Å². The van der Waals surface area contributed by atoms with Gasteiger partial charge >= 0.3 is 0 Å². The molecule has 1 atom stereocenters. The molecule has 760 valence electrons. The van der Waals surface area contributed by atoms with Crippen LogP contribution in [0.4, 0.5) is 0 Å². The molecule has 142 heavy (non-hydrogen) atoms. The van der Waals surface area contributed by atoms with Crippen molar-refractivity contribution in [3.8, 4) is 89.5 Å². The highest BCUT2D eigenvalue weighted by Gasteiger charge is 2.48. The molecule has 16 rings (SSSR count). The van der Waals surface area contributed by atoms with Gasteiger partial charge in [-0.05, 0) is 228 Å². The maximum atomic E-state index is 5.68. The van der Waals surface area contributed by atoms with Gasteiger partial charge in [-0.3, -0.25) is 0 Å². The second-order valence-corrected chi connectivity index (χ2v) is 51.0. The van der Waals surface area contributed by atoms with E-state index in [1.54, 1.807) is 39.4 Å². The van der Waals surface area contributed by atoms with Crippen molar-refractivity contribution in [1.29, 1.82) is 0 Å². The Morgan fingerprint density at radius 3 is 0.514 bits per heavy atom. The van der Waals surface area contributed by atoms with Gasteiger partial charge in [0.25, 0.3) is 0 Å².